The third-order valence-corrected chi connectivity index (χ3v) is 8.38. The molecule has 0 spiro atoms. The highest BCUT2D eigenvalue weighted by Crippen LogP contribution is 2.52. The number of benzene rings is 1. The van der Waals surface area contributed by atoms with Crippen molar-refractivity contribution in [2.24, 2.45) is 0 Å². The van der Waals surface area contributed by atoms with Crippen molar-refractivity contribution in [3.8, 4) is 0 Å². The summed E-state index contributed by atoms with van der Waals surface area (Å²) in [5.41, 5.74) is 5.28. The maximum Gasteiger partial charge on any atom is 0.258 e. The molecule has 4 heterocycles. The summed E-state index contributed by atoms with van der Waals surface area (Å²) in [6, 6.07) is 9.36. The molecule has 2 aliphatic carbocycles. The highest BCUT2D eigenvalue weighted by molar-refractivity contribution is 5.92. The highest BCUT2D eigenvalue weighted by Gasteiger charge is 2.43. The molecule has 7 rings (SSSR count). The molecule has 2 fully saturated rings. The van der Waals surface area contributed by atoms with Crippen LogP contribution in [0.25, 0.3) is 16.6 Å². The standard InChI is InChI=1S/C32H33N9O3/c1-18-8-9-33-29(35-18)24-12-25(24)30-37-26-11-21(6-7-23(26)32(44)38-30)34-13-22-15-40-14-20(19-4-5-19)10-27(31(40)36-22)41(17-42)16-28(43)39(2)3/h6-11,14-15,17,19,24-25,34H,4-5,12-13,16H2,1-3H3,(H,37,38,44)/t24?,25-/m0/s1. The molecule has 2 saturated carbocycles. The fourth-order valence-corrected chi connectivity index (χ4v) is 5.62. The number of hydrogen-bond donors (Lipinski definition) is 2. The number of anilines is 2. The van der Waals surface area contributed by atoms with Crippen molar-refractivity contribution in [2.45, 2.75) is 50.5 Å². The van der Waals surface area contributed by atoms with Crippen LogP contribution in [0, 0.1) is 6.92 Å². The van der Waals surface area contributed by atoms with Crippen LogP contribution < -0.4 is 15.8 Å². The molecule has 0 saturated heterocycles. The molecule has 0 aliphatic heterocycles. The van der Waals surface area contributed by atoms with E-state index in [2.05, 4.69) is 26.5 Å². The molecule has 0 radical (unpaired) electrons. The van der Waals surface area contributed by atoms with Crippen LogP contribution in [0.15, 0.2) is 53.7 Å². The molecule has 0 bridgehead atoms. The second-order valence-corrected chi connectivity index (χ2v) is 12.0. The molecule has 2 amide bonds. The number of pyridine rings is 1. The Labute approximate surface area is 253 Å². The second kappa shape index (κ2) is 10.9. The van der Waals surface area contributed by atoms with Gasteiger partial charge in [-0.15, -0.1) is 0 Å². The number of aromatic nitrogens is 6. The lowest BCUT2D eigenvalue weighted by molar-refractivity contribution is -0.128. The van der Waals surface area contributed by atoms with Crippen molar-refractivity contribution in [2.75, 3.05) is 30.9 Å². The van der Waals surface area contributed by atoms with Gasteiger partial charge in [0, 0.05) is 55.9 Å². The number of amides is 2. The number of aryl methyl sites for hydroxylation is 1. The van der Waals surface area contributed by atoms with Gasteiger partial charge in [0.2, 0.25) is 12.3 Å². The molecule has 5 aromatic rings. The van der Waals surface area contributed by atoms with E-state index in [9.17, 15) is 14.4 Å². The van der Waals surface area contributed by atoms with Gasteiger partial charge < -0.3 is 24.5 Å². The predicted molar refractivity (Wildman–Crippen MR) is 166 cm³/mol. The zero-order chi connectivity index (χ0) is 30.5. The van der Waals surface area contributed by atoms with Crippen LogP contribution in [0.3, 0.4) is 0 Å². The summed E-state index contributed by atoms with van der Waals surface area (Å²) < 4.78 is 1.94. The van der Waals surface area contributed by atoms with Gasteiger partial charge in [0.1, 0.15) is 18.2 Å². The molecule has 224 valence electrons. The zero-order valence-electron chi connectivity index (χ0n) is 24.8. The SMILES string of the molecule is Cc1ccnc(C2C[C@@H]2c2nc3cc(NCc4cn5cc(C6CC6)cc(N(C=O)CC(=O)N(C)C)c5n4)ccc3c(=O)[nH]2)n1. The zero-order valence-corrected chi connectivity index (χ0v) is 24.8. The number of hydrogen-bond acceptors (Lipinski definition) is 8. The first kappa shape index (κ1) is 27.7. The van der Waals surface area contributed by atoms with E-state index in [-0.39, 0.29) is 29.8 Å². The molecule has 2 atom stereocenters. The van der Waals surface area contributed by atoms with Crippen LogP contribution in [-0.2, 0) is 16.1 Å². The third kappa shape index (κ3) is 5.38. The van der Waals surface area contributed by atoms with E-state index in [1.807, 2.05) is 41.8 Å². The highest BCUT2D eigenvalue weighted by atomic mass is 16.2. The van der Waals surface area contributed by atoms with Crippen LogP contribution in [0.1, 0.15) is 65.6 Å². The van der Waals surface area contributed by atoms with Crippen LogP contribution in [-0.4, -0.2) is 67.2 Å². The number of fused-ring (bicyclic) bond motifs is 2. The van der Waals surface area contributed by atoms with E-state index in [0.29, 0.717) is 46.9 Å². The summed E-state index contributed by atoms with van der Waals surface area (Å²) in [6.07, 6.45) is 9.51. The van der Waals surface area contributed by atoms with E-state index < -0.39 is 0 Å². The number of imidazole rings is 1. The Morgan fingerprint density at radius 1 is 1.11 bits per heavy atom. The van der Waals surface area contributed by atoms with Gasteiger partial charge in [0.15, 0.2) is 5.65 Å². The first-order valence-electron chi connectivity index (χ1n) is 14.8. The van der Waals surface area contributed by atoms with E-state index in [1.165, 1.54) is 9.80 Å². The van der Waals surface area contributed by atoms with Gasteiger partial charge in [-0.25, -0.2) is 19.9 Å². The van der Waals surface area contributed by atoms with E-state index in [1.54, 1.807) is 26.4 Å². The van der Waals surface area contributed by atoms with Crippen LogP contribution in [0.5, 0.6) is 0 Å². The Morgan fingerprint density at radius 3 is 2.70 bits per heavy atom. The van der Waals surface area contributed by atoms with Crippen molar-refractivity contribution >= 4 is 40.2 Å². The van der Waals surface area contributed by atoms with Gasteiger partial charge in [0.25, 0.3) is 5.56 Å². The number of H-pyrrole nitrogens is 1. The average Bonchev–Trinajstić information content (AvgIpc) is 3.94. The summed E-state index contributed by atoms with van der Waals surface area (Å²) in [5.74, 6) is 1.95. The van der Waals surface area contributed by atoms with E-state index in [0.717, 1.165) is 47.7 Å². The van der Waals surface area contributed by atoms with Crippen molar-refractivity contribution in [1.29, 1.82) is 0 Å². The van der Waals surface area contributed by atoms with Crippen LogP contribution in [0.4, 0.5) is 11.4 Å². The van der Waals surface area contributed by atoms with Gasteiger partial charge in [-0.05, 0) is 68.0 Å². The molecule has 4 aromatic heterocycles. The molecule has 2 aliphatic rings. The van der Waals surface area contributed by atoms with Crippen LogP contribution in [0.2, 0.25) is 0 Å². The summed E-state index contributed by atoms with van der Waals surface area (Å²) in [4.78, 5) is 61.9. The number of likely N-dealkylation sites (N-methyl/N-ethyl adjacent to an activating group) is 1. The van der Waals surface area contributed by atoms with Gasteiger partial charge >= 0.3 is 0 Å². The topological polar surface area (TPSA) is 141 Å². The first-order valence-corrected chi connectivity index (χ1v) is 14.8. The average molecular weight is 592 g/mol. The number of carbonyl (C=O) groups excluding carboxylic acids is 2. The van der Waals surface area contributed by atoms with E-state index >= 15 is 0 Å². The largest absolute Gasteiger partial charge is 0.379 e. The minimum Gasteiger partial charge on any atom is -0.379 e. The Bertz CT molecular complexity index is 1980. The quantitative estimate of drug-likeness (QED) is 0.235. The Morgan fingerprint density at radius 2 is 1.95 bits per heavy atom. The summed E-state index contributed by atoms with van der Waals surface area (Å²) >= 11 is 0. The molecular formula is C32H33N9O3. The van der Waals surface area contributed by atoms with Gasteiger partial charge in [-0.1, -0.05) is 0 Å². The van der Waals surface area contributed by atoms with Gasteiger partial charge in [-0.3, -0.25) is 14.4 Å². The maximum absolute atomic E-state index is 12.9. The molecule has 12 nitrogen and oxygen atoms in total. The lowest BCUT2D eigenvalue weighted by Crippen LogP contribution is -2.36. The maximum atomic E-state index is 12.9. The lowest BCUT2D eigenvalue weighted by Gasteiger charge is -2.20. The fraction of sp³-hybridized carbons (Fsp3) is 0.344. The van der Waals surface area contributed by atoms with Crippen molar-refractivity contribution in [3.05, 3.63) is 87.9 Å². The molecule has 2 N–H and O–H groups in total. The minimum absolute atomic E-state index is 0.0639. The summed E-state index contributed by atoms with van der Waals surface area (Å²) in [5, 5.41) is 3.93. The predicted octanol–water partition coefficient (Wildman–Crippen LogP) is 3.48. The number of rotatable bonds is 10. The summed E-state index contributed by atoms with van der Waals surface area (Å²) in [6.45, 7) is 2.29. The number of carbonyl (C=O) groups is 2. The van der Waals surface area contributed by atoms with Crippen molar-refractivity contribution < 1.29 is 9.59 Å². The molecule has 1 aromatic carbocycles. The van der Waals surface area contributed by atoms with Crippen molar-refractivity contribution in [1.82, 2.24) is 34.2 Å². The second-order valence-electron chi connectivity index (χ2n) is 12.0. The number of nitrogens with one attached hydrogen (secondary N) is 2. The first-order chi connectivity index (χ1) is 21.3. The minimum atomic E-state index is -0.173. The normalized spacial score (nSPS) is 17.5. The Kier molecular flexibility index (Phi) is 6.83. The monoisotopic (exact) mass is 591 g/mol. The molecular weight excluding hydrogens is 558 g/mol. The van der Waals surface area contributed by atoms with Crippen molar-refractivity contribution in [3.63, 3.8) is 0 Å². The third-order valence-electron chi connectivity index (χ3n) is 8.38. The lowest BCUT2D eigenvalue weighted by atomic mass is 10.1. The number of nitrogens with zero attached hydrogens (tertiary/aromatic N) is 7. The fourth-order valence-electron chi connectivity index (χ4n) is 5.62. The Hall–Kier alpha value is -5.13. The summed E-state index contributed by atoms with van der Waals surface area (Å²) in [7, 11) is 3.34. The molecule has 1 unspecified atom stereocenters. The van der Waals surface area contributed by atoms with Crippen LogP contribution >= 0.6 is 0 Å². The number of aromatic amines is 1. The van der Waals surface area contributed by atoms with E-state index in [4.69, 9.17) is 9.97 Å². The smallest absolute Gasteiger partial charge is 0.258 e. The van der Waals surface area contributed by atoms with Gasteiger partial charge in [0.05, 0.1) is 28.8 Å². The molecule has 44 heavy (non-hydrogen) atoms. The van der Waals surface area contributed by atoms with Gasteiger partial charge in [-0.2, -0.15) is 0 Å². The Balaban J connectivity index is 1.13. The molecule has 12 heteroatoms.